The standard InChI is InChI=1S/C21H24ClN5O/c1-4-25-9-11-26(12-10-25)21(28)17-13-23-20-18(19(17)22)15(3)24-27(20)16-7-5-14(2)6-8-16/h5-8,13H,4,9-12H2,1-3H3/p+1. The van der Waals surface area contributed by atoms with E-state index < -0.39 is 0 Å². The van der Waals surface area contributed by atoms with Gasteiger partial charge in [0, 0.05) is 6.20 Å². The van der Waals surface area contributed by atoms with Gasteiger partial charge in [0.25, 0.3) is 5.91 Å². The van der Waals surface area contributed by atoms with Crippen molar-refractivity contribution >= 4 is 28.5 Å². The van der Waals surface area contributed by atoms with Crippen LogP contribution in [0.4, 0.5) is 0 Å². The molecule has 0 bridgehead atoms. The summed E-state index contributed by atoms with van der Waals surface area (Å²) in [6, 6.07) is 8.09. The van der Waals surface area contributed by atoms with Crippen molar-refractivity contribution in [3.63, 3.8) is 0 Å². The molecule has 2 aromatic heterocycles. The summed E-state index contributed by atoms with van der Waals surface area (Å²) in [4.78, 5) is 21.0. The van der Waals surface area contributed by atoms with Gasteiger partial charge in [-0.05, 0) is 32.9 Å². The number of carbonyl (C=O) groups excluding carboxylic acids is 1. The number of piperazine rings is 1. The Bertz CT molecular complexity index is 1020. The summed E-state index contributed by atoms with van der Waals surface area (Å²) < 4.78 is 1.79. The van der Waals surface area contributed by atoms with Gasteiger partial charge in [-0.15, -0.1) is 0 Å². The van der Waals surface area contributed by atoms with Gasteiger partial charge in [0.2, 0.25) is 0 Å². The van der Waals surface area contributed by atoms with E-state index in [1.165, 1.54) is 10.5 Å². The van der Waals surface area contributed by atoms with E-state index in [1.54, 1.807) is 10.9 Å². The number of nitrogens with one attached hydrogen (secondary N) is 1. The summed E-state index contributed by atoms with van der Waals surface area (Å²) in [7, 11) is 0. The molecule has 0 aliphatic carbocycles. The number of halogens is 1. The number of carbonyl (C=O) groups is 1. The fourth-order valence-electron chi connectivity index (χ4n) is 3.77. The van der Waals surface area contributed by atoms with Gasteiger partial charge in [0.05, 0.1) is 60.1 Å². The quantitative estimate of drug-likeness (QED) is 0.734. The summed E-state index contributed by atoms with van der Waals surface area (Å²) in [5, 5.41) is 5.81. The number of fused-ring (bicyclic) bond motifs is 1. The van der Waals surface area contributed by atoms with Crippen molar-refractivity contribution in [2.75, 3.05) is 32.7 Å². The number of nitrogens with zero attached hydrogens (tertiary/aromatic N) is 4. The van der Waals surface area contributed by atoms with Gasteiger partial charge in [0.15, 0.2) is 5.65 Å². The number of likely N-dealkylation sites (N-methyl/N-ethyl adjacent to an activating group) is 1. The molecule has 6 nitrogen and oxygen atoms in total. The van der Waals surface area contributed by atoms with Crippen LogP contribution in [0.1, 0.15) is 28.5 Å². The largest absolute Gasteiger partial charge is 0.332 e. The lowest BCUT2D eigenvalue weighted by Crippen LogP contribution is -3.14. The summed E-state index contributed by atoms with van der Waals surface area (Å²) in [6.07, 6.45) is 1.60. The second kappa shape index (κ2) is 7.53. The number of pyridine rings is 1. The lowest BCUT2D eigenvalue weighted by molar-refractivity contribution is -0.902. The topological polar surface area (TPSA) is 55.5 Å². The van der Waals surface area contributed by atoms with Crippen LogP contribution < -0.4 is 4.90 Å². The molecule has 3 aromatic rings. The Labute approximate surface area is 169 Å². The minimum atomic E-state index is -0.0444. The Morgan fingerprint density at radius 2 is 1.86 bits per heavy atom. The first kappa shape index (κ1) is 18.9. The highest BCUT2D eigenvalue weighted by atomic mass is 35.5. The fraction of sp³-hybridized carbons (Fsp3) is 0.381. The highest BCUT2D eigenvalue weighted by molar-refractivity contribution is 6.38. The molecule has 0 radical (unpaired) electrons. The van der Waals surface area contributed by atoms with Crippen molar-refractivity contribution < 1.29 is 9.69 Å². The lowest BCUT2D eigenvalue weighted by atomic mass is 10.1. The van der Waals surface area contributed by atoms with Gasteiger partial charge in [-0.1, -0.05) is 29.3 Å². The molecule has 1 aliphatic heterocycles. The monoisotopic (exact) mass is 398 g/mol. The van der Waals surface area contributed by atoms with Crippen LogP contribution in [-0.2, 0) is 0 Å². The first-order chi connectivity index (χ1) is 13.5. The normalized spacial score (nSPS) is 15.4. The second-order valence-corrected chi connectivity index (χ2v) is 7.79. The third-order valence-corrected chi connectivity index (χ3v) is 5.97. The van der Waals surface area contributed by atoms with Crippen LogP contribution in [0.15, 0.2) is 30.5 Å². The molecular weight excluding hydrogens is 374 g/mol. The van der Waals surface area contributed by atoms with E-state index >= 15 is 0 Å². The zero-order valence-corrected chi connectivity index (χ0v) is 17.3. The highest BCUT2D eigenvalue weighted by Gasteiger charge is 2.27. The van der Waals surface area contributed by atoms with Gasteiger partial charge in [-0.25, -0.2) is 9.67 Å². The third kappa shape index (κ3) is 3.27. The molecule has 1 aromatic carbocycles. The maximum Gasteiger partial charge on any atom is 0.257 e. The van der Waals surface area contributed by atoms with Gasteiger partial charge in [-0.3, -0.25) is 4.79 Å². The zero-order chi connectivity index (χ0) is 19.8. The van der Waals surface area contributed by atoms with Crippen LogP contribution in [0.5, 0.6) is 0 Å². The molecule has 146 valence electrons. The van der Waals surface area contributed by atoms with Crippen molar-refractivity contribution in [1.82, 2.24) is 19.7 Å². The number of aryl methyl sites for hydroxylation is 2. The number of hydrogen-bond acceptors (Lipinski definition) is 3. The average molecular weight is 399 g/mol. The average Bonchev–Trinajstić information content (AvgIpc) is 3.06. The summed E-state index contributed by atoms with van der Waals surface area (Å²) in [6.45, 7) is 10.7. The smallest absolute Gasteiger partial charge is 0.257 e. The lowest BCUT2D eigenvalue weighted by Gasteiger charge is -2.31. The van der Waals surface area contributed by atoms with E-state index in [1.807, 2.05) is 43.0 Å². The number of amides is 1. The number of quaternary nitrogens is 1. The zero-order valence-electron chi connectivity index (χ0n) is 16.5. The SMILES string of the molecule is CC[NH+]1CCN(C(=O)c2cnc3c(c(C)nn3-c3ccc(C)cc3)c2Cl)CC1. The highest BCUT2D eigenvalue weighted by Crippen LogP contribution is 2.30. The third-order valence-electron chi connectivity index (χ3n) is 5.57. The Kier molecular flexibility index (Phi) is 5.08. The summed E-state index contributed by atoms with van der Waals surface area (Å²) in [5.41, 5.74) is 4.00. The predicted molar refractivity (Wildman–Crippen MR) is 110 cm³/mol. The predicted octanol–water partition coefficient (Wildman–Crippen LogP) is 2.05. The van der Waals surface area contributed by atoms with E-state index in [2.05, 4.69) is 17.0 Å². The van der Waals surface area contributed by atoms with Crippen molar-refractivity contribution in [2.24, 2.45) is 0 Å². The molecule has 1 fully saturated rings. The maximum absolute atomic E-state index is 13.0. The molecule has 4 rings (SSSR count). The van der Waals surface area contributed by atoms with Gasteiger partial charge in [-0.2, -0.15) is 5.10 Å². The Morgan fingerprint density at radius 1 is 1.18 bits per heavy atom. The van der Waals surface area contributed by atoms with Gasteiger partial charge < -0.3 is 9.80 Å². The van der Waals surface area contributed by atoms with E-state index in [-0.39, 0.29) is 5.91 Å². The van der Waals surface area contributed by atoms with Gasteiger partial charge in [0.1, 0.15) is 0 Å². The van der Waals surface area contributed by atoms with Gasteiger partial charge >= 0.3 is 0 Å². The maximum atomic E-state index is 13.0. The minimum Gasteiger partial charge on any atom is -0.332 e. The van der Waals surface area contributed by atoms with Crippen LogP contribution in [0, 0.1) is 13.8 Å². The first-order valence-electron chi connectivity index (χ1n) is 9.73. The molecule has 1 saturated heterocycles. The van der Waals surface area contributed by atoms with Crippen molar-refractivity contribution in [3.8, 4) is 5.69 Å². The molecule has 1 amide bonds. The molecular formula is C21H25ClN5O+. The minimum absolute atomic E-state index is 0.0444. The van der Waals surface area contributed by atoms with E-state index in [0.717, 1.165) is 49.5 Å². The molecule has 7 heteroatoms. The van der Waals surface area contributed by atoms with E-state index in [4.69, 9.17) is 11.6 Å². The van der Waals surface area contributed by atoms with E-state index in [0.29, 0.717) is 16.2 Å². The van der Waals surface area contributed by atoms with Crippen LogP contribution in [0.2, 0.25) is 5.02 Å². The van der Waals surface area contributed by atoms with Crippen LogP contribution in [0.25, 0.3) is 16.7 Å². The fourth-order valence-corrected chi connectivity index (χ4v) is 4.12. The van der Waals surface area contributed by atoms with Crippen LogP contribution >= 0.6 is 11.6 Å². The molecule has 0 atom stereocenters. The summed E-state index contributed by atoms with van der Waals surface area (Å²) in [5.74, 6) is -0.0444. The molecule has 1 aliphatic rings. The molecule has 0 saturated carbocycles. The van der Waals surface area contributed by atoms with Crippen LogP contribution in [-0.4, -0.2) is 58.3 Å². The molecule has 0 spiro atoms. The first-order valence-corrected chi connectivity index (χ1v) is 10.1. The van der Waals surface area contributed by atoms with Crippen molar-refractivity contribution in [2.45, 2.75) is 20.8 Å². The second-order valence-electron chi connectivity index (χ2n) is 7.41. The molecule has 0 unspecified atom stereocenters. The number of benzene rings is 1. The molecule has 28 heavy (non-hydrogen) atoms. The Hall–Kier alpha value is -2.44. The number of rotatable bonds is 3. The summed E-state index contributed by atoms with van der Waals surface area (Å²) >= 11 is 6.70. The number of aromatic nitrogens is 3. The van der Waals surface area contributed by atoms with Crippen molar-refractivity contribution in [1.29, 1.82) is 0 Å². The number of hydrogen-bond donors (Lipinski definition) is 1. The van der Waals surface area contributed by atoms with E-state index in [9.17, 15) is 4.79 Å². The van der Waals surface area contributed by atoms with Crippen molar-refractivity contribution in [3.05, 3.63) is 52.3 Å². The van der Waals surface area contributed by atoms with Crippen LogP contribution in [0.3, 0.4) is 0 Å². The molecule has 1 N–H and O–H groups in total. The Balaban J connectivity index is 1.71. The Morgan fingerprint density at radius 3 is 2.50 bits per heavy atom. The molecule has 3 heterocycles.